The number of morpholine rings is 1. The Bertz CT molecular complexity index is 806. The van der Waals surface area contributed by atoms with Crippen LogP contribution in [0.15, 0.2) is 48.5 Å². The van der Waals surface area contributed by atoms with Crippen molar-refractivity contribution in [1.29, 1.82) is 0 Å². The second kappa shape index (κ2) is 9.46. The molecule has 2 aromatic carbocycles. The average molecular weight is 384 g/mol. The van der Waals surface area contributed by atoms with Crippen molar-refractivity contribution in [3.63, 3.8) is 0 Å². The number of halogens is 1. The molecule has 148 valence electrons. The first-order chi connectivity index (χ1) is 13.5. The lowest BCUT2D eigenvalue weighted by atomic mass is 10.1. The third-order valence-corrected chi connectivity index (χ3v) is 4.73. The maximum absolute atomic E-state index is 12.9. The van der Waals surface area contributed by atoms with E-state index >= 15 is 0 Å². The Morgan fingerprint density at radius 2 is 1.86 bits per heavy atom. The van der Waals surface area contributed by atoms with Gasteiger partial charge in [0.25, 0.3) is 5.91 Å². The second-order valence-electron chi connectivity index (χ2n) is 7.04. The number of aryl methyl sites for hydroxylation is 1. The van der Waals surface area contributed by atoms with Gasteiger partial charge in [0.2, 0.25) is 5.91 Å². The summed E-state index contributed by atoms with van der Waals surface area (Å²) < 4.78 is 18.4. The lowest BCUT2D eigenvalue weighted by Gasteiger charge is -2.31. The number of hydrogen-bond acceptors (Lipinski definition) is 3. The summed E-state index contributed by atoms with van der Waals surface area (Å²) in [5.74, 6) is -0.359. The van der Waals surface area contributed by atoms with E-state index < -0.39 is 0 Å². The van der Waals surface area contributed by atoms with E-state index in [4.69, 9.17) is 4.74 Å². The summed E-state index contributed by atoms with van der Waals surface area (Å²) in [5.41, 5.74) is 2.27. The van der Waals surface area contributed by atoms with Crippen molar-refractivity contribution in [1.82, 2.24) is 4.90 Å². The van der Waals surface area contributed by atoms with Crippen molar-refractivity contribution in [2.75, 3.05) is 25.0 Å². The molecule has 0 spiro atoms. The van der Waals surface area contributed by atoms with Gasteiger partial charge in [-0.3, -0.25) is 9.59 Å². The molecule has 1 unspecified atom stereocenters. The fourth-order valence-corrected chi connectivity index (χ4v) is 3.21. The van der Waals surface area contributed by atoms with Crippen LogP contribution in [0, 0.1) is 5.82 Å². The van der Waals surface area contributed by atoms with Crippen LogP contribution in [0.5, 0.6) is 0 Å². The predicted molar refractivity (Wildman–Crippen MR) is 106 cm³/mol. The van der Waals surface area contributed by atoms with E-state index in [2.05, 4.69) is 5.32 Å². The molecule has 1 aliphatic heterocycles. The highest BCUT2D eigenvalue weighted by Gasteiger charge is 2.22. The van der Waals surface area contributed by atoms with E-state index in [1.807, 2.05) is 6.92 Å². The molecule has 0 aliphatic carbocycles. The van der Waals surface area contributed by atoms with Crippen LogP contribution in [0.1, 0.15) is 35.7 Å². The predicted octanol–water partition coefficient (Wildman–Crippen LogP) is 3.65. The quantitative estimate of drug-likeness (QED) is 0.827. The molecule has 5 nitrogen and oxygen atoms in total. The Morgan fingerprint density at radius 3 is 2.54 bits per heavy atom. The summed E-state index contributed by atoms with van der Waals surface area (Å²) in [5, 5.41) is 2.85. The lowest BCUT2D eigenvalue weighted by Crippen LogP contribution is -2.44. The Hall–Kier alpha value is -2.73. The van der Waals surface area contributed by atoms with Gasteiger partial charge in [0, 0.05) is 30.8 Å². The second-order valence-corrected chi connectivity index (χ2v) is 7.04. The van der Waals surface area contributed by atoms with Gasteiger partial charge in [-0.15, -0.1) is 0 Å². The van der Waals surface area contributed by atoms with E-state index in [9.17, 15) is 14.0 Å². The van der Waals surface area contributed by atoms with Crippen LogP contribution in [0.2, 0.25) is 0 Å². The highest BCUT2D eigenvalue weighted by molar-refractivity contribution is 5.95. The molecular weight excluding hydrogens is 359 g/mol. The van der Waals surface area contributed by atoms with Crippen molar-refractivity contribution >= 4 is 17.5 Å². The molecule has 1 heterocycles. The summed E-state index contributed by atoms with van der Waals surface area (Å²) >= 11 is 0. The van der Waals surface area contributed by atoms with Crippen molar-refractivity contribution in [3.8, 4) is 0 Å². The molecule has 2 aromatic rings. The van der Waals surface area contributed by atoms with Crippen LogP contribution in [0.3, 0.4) is 0 Å². The molecule has 1 N–H and O–H groups in total. The number of nitrogens with zero attached hydrogens (tertiary/aromatic N) is 1. The van der Waals surface area contributed by atoms with Crippen molar-refractivity contribution < 1.29 is 18.7 Å². The van der Waals surface area contributed by atoms with Gasteiger partial charge in [-0.2, -0.15) is 0 Å². The normalized spacial score (nSPS) is 16.6. The first-order valence-electron chi connectivity index (χ1n) is 9.56. The Kier molecular flexibility index (Phi) is 6.76. The fourth-order valence-electron chi connectivity index (χ4n) is 3.21. The summed E-state index contributed by atoms with van der Waals surface area (Å²) in [6.07, 6.45) is 1.83. The highest BCUT2D eigenvalue weighted by atomic mass is 19.1. The number of anilines is 1. The zero-order valence-corrected chi connectivity index (χ0v) is 16.0. The molecule has 1 aliphatic rings. The van der Waals surface area contributed by atoms with E-state index in [0.29, 0.717) is 43.8 Å². The maximum Gasteiger partial charge on any atom is 0.254 e. The van der Waals surface area contributed by atoms with Crippen LogP contribution in [0.25, 0.3) is 0 Å². The number of nitrogens with one attached hydrogen (secondary N) is 1. The van der Waals surface area contributed by atoms with Gasteiger partial charge in [0.05, 0.1) is 12.7 Å². The fraction of sp³-hybridized carbons (Fsp3) is 0.364. The molecule has 1 saturated heterocycles. The zero-order chi connectivity index (χ0) is 19.9. The molecule has 2 amide bonds. The average Bonchev–Trinajstić information content (AvgIpc) is 2.69. The maximum atomic E-state index is 12.9. The van der Waals surface area contributed by atoms with Crippen LogP contribution in [-0.2, 0) is 16.0 Å². The third-order valence-electron chi connectivity index (χ3n) is 4.73. The van der Waals surface area contributed by atoms with Gasteiger partial charge >= 0.3 is 0 Å². The number of benzene rings is 2. The summed E-state index contributed by atoms with van der Waals surface area (Å²) in [6.45, 7) is 3.69. The summed E-state index contributed by atoms with van der Waals surface area (Å²) in [7, 11) is 0. The Labute approximate surface area is 164 Å². The number of carbonyl (C=O) groups is 2. The van der Waals surface area contributed by atoms with Crippen LogP contribution in [0.4, 0.5) is 10.1 Å². The van der Waals surface area contributed by atoms with Gasteiger partial charge in [-0.25, -0.2) is 4.39 Å². The monoisotopic (exact) mass is 384 g/mol. The molecule has 0 bridgehead atoms. The van der Waals surface area contributed by atoms with Crippen LogP contribution in [-0.4, -0.2) is 42.5 Å². The number of amides is 2. The van der Waals surface area contributed by atoms with Crippen molar-refractivity contribution in [2.24, 2.45) is 0 Å². The SMILES string of the molecule is CC1CN(C(=O)c2ccc(NC(=O)CCCc3ccc(F)cc3)cc2)CCO1. The zero-order valence-electron chi connectivity index (χ0n) is 16.0. The first kappa shape index (κ1) is 20.0. The van der Waals surface area contributed by atoms with Crippen LogP contribution >= 0.6 is 0 Å². The molecule has 6 heteroatoms. The molecule has 1 fully saturated rings. The minimum atomic E-state index is -0.258. The van der Waals surface area contributed by atoms with Crippen molar-refractivity contribution in [2.45, 2.75) is 32.3 Å². The molecule has 0 saturated carbocycles. The standard InChI is InChI=1S/C22H25FN2O3/c1-16-15-25(13-14-28-16)22(27)18-7-11-20(12-8-18)24-21(26)4-2-3-17-5-9-19(23)10-6-17/h5-12,16H,2-4,13-15H2,1H3,(H,24,26). The van der Waals surface area contributed by atoms with E-state index in [-0.39, 0.29) is 23.7 Å². The van der Waals surface area contributed by atoms with Gasteiger partial charge < -0.3 is 15.0 Å². The van der Waals surface area contributed by atoms with Crippen molar-refractivity contribution in [3.05, 3.63) is 65.5 Å². The Morgan fingerprint density at radius 1 is 1.14 bits per heavy atom. The molecule has 28 heavy (non-hydrogen) atoms. The molecule has 0 radical (unpaired) electrons. The number of carbonyl (C=O) groups excluding carboxylic acids is 2. The lowest BCUT2D eigenvalue weighted by molar-refractivity contribution is -0.116. The van der Waals surface area contributed by atoms with Gasteiger partial charge in [-0.1, -0.05) is 12.1 Å². The largest absolute Gasteiger partial charge is 0.375 e. The van der Waals surface area contributed by atoms with Gasteiger partial charge in [0.1, 0.15) is 5.82 Å². The van der Waals surface area contributed by atoms with E-state index in [0.717, 1.165) is 12.0 Å². The van der Waals surface area contributed by atoms with Gasteiger partial charge in [0.15, 0.2) is 0 Å². The molecular formula is C22H25FN2O3. The minimum absolute atomic E-state index is 0.0210. The number of ether oxygens (including phenoxy) is 1. The van der Waals surface area contributed by atoms with Gasteiger partial charge in [-0.05, 0) is 61.7 Å². The smallest absolute Gasteiger partial charge is 0.254 e. The Balaban J connectivity index is 1.46. The van der Waals surface area contributed by atoms with Crippen LogP contribution < -0.4 is 5.32 Å². The minimum Gasteiger partial charge on any atom is -0.375 e. The third kappa shape index (κ3) is 5.63. The van der Waals surface area contributed by atoms with E-state index in [1.54, 1.807) is 41.3 Å². The number of hydrogen-bond donors (Lipinski definition) is 1. The topological polar surface area (TPSA) is 58.6 Å². The molecule has 1 atom stereocenters. The highest BCUT2D eigenvalue weighted by Crippen LogP contribution is 2.15. The molecule has 0 aromatic heterocycles. The van der Waals surface area contributed by atoms with E-state index in [1.165, 1.54) is 12.1 Å². The number of rotatable bonds is 6. The summed E-state index contributed by atoms with van der Waals surface area (Å²) in [6, 6.07) is 13.3. The summed E-state index contributed by atoms with van der Waals surface area (Å²) in [4.78, 5) is 26.4. The molecule has 3 rings (SSSR count). The first-order valence-corrected chi connectivity index (χ1v) is 9.56.